The smallest absolute Gasteiger partial charge is 0.338 e. The van der Waals surface area contributed by atoms with Gasteiger partial charge in [0.15, 0.2) is 0 Å². The van der Waals surface area contributed by atoms with Crippen molar-refractivity contribution in [1.82, 2.24) is 4.98 Å². The standard InChI is InChI=1S/C20H16N4O5/c1-2-28-20(25)17-16(13-6-4-8-23-11-13)15(10-21)19(22)29-18(17)12-5-3-7-14(9-12)24(26)27/h3-9,11,16H,2,22H2,1H3. The summed E-state index contributed by atoms with van der Waals surface area (Å²) in [5.74, 6) is -1.81. The van der Waals surface area contributed by atoms with E-state index in [4.69, 9.17) is 15.2 Å². The van der Waals surface area contributed by atoms with Gasteiger partial charge in [-0.2, -0.15) is 5.26 Å². The van der Waals surface area contributed by atoms with Gasteiger partial charge in [-0.1, -0.05) is 18.2 Å². The summed E-state index contributed by atoms with van der Waals surface area (Å²) in [7, 11) is 0. The fourth-order valence-electron chi connectivity index (χ4n) is 3.03. The Morgan fingerprint density at radius 2 is 2.21 bits per heavy atom. The van der Waals surface area contributed by atoms with E-state index in [1.54, 1.807) is 31.3 Å². The summed E-state index contributed by atoms with van der Waals surface area (Å²) in [5.41, 5.74) is 6.62. The highest BCUT2D eigenvalue weighted by atomic mass is 16.6. The SMILES string of the molecule is CCOC(=O)C1=C(c2cccc([N+](=O)[O-])c2)OC(N)=C(C#N)C1c1cccnc1. The number of nitro benzene ring substituents is 1. The number of hydrogen-bond acceptors (Lipinski definition) is 8. The maximum absolute atomic E-state index is 12.9. The molecule has 3 rings (SSSR count). The molecule has 1 unspecified atom stereocenters. The number of pyridine rings is 1. The minimum Gasteiger partial charge on any atom is -0.463 e. The van der Waals surface area contributed by atoms with E-state index >= 15 is 0 Å². The molecule has 2 heterocycles. The third-order valence-electron chi connectivity index (χ3n) is 4.25. The summed E-state index contributed by atoms with van der Waals surface area (Å²) in [6.45, 7) is 1.73. The lowest BCUT2D eigenvalue weighted by molar-refractivity contribution is -0.384. The molecular formula is C20H16N4O5. The van der Waals surface area contributed by atoms with Gasteiger partial charge in [0.25, 0.3) is 5.69 Å². The lowest BCUT2D eigenvalue weighted by Crippen LogP contribution is -2.26. The molecule has 0 bridgehead atoms. The lowest BCUT2D eigenvalue weighted by atomic mass is 9.82. The number of carbonyl (C=O) groups is 1. The monoisotopic (exact) mass is 392 g/mol. The van der Waals surface area contributed by atoms with Crippen molar-refractivity contribution in [3.05, 3.63) is 87.1 Å². The largest absolute Gasteiger partial charge is 0.463 e. The summed E-state index contributed by atoms with van der Waals surface area (Å²) in [4.78, 5) is 27.5. The number of nitriles is 1. The molecule has 2 aromatic rings. The molecule has 29 heavy (non-hydrogen) atoms. The second-order valence-corrected chi connectivity index (χ2v) is 5.98. The third-order valence-corrected chi connectivity index (χ3v) is 4.25. The molecule has 1 aliphatic heterocycles. The summed E-state index contributed by atoms with van der Waals surface area (Å²) >= 11 is 0. The molecule has 0 radical (unpaired) electrons. The summed E-state index contributed by atoms with van der Waals surface area (Å²) in [6.07, 6.45) is 3.06. The van der Waals surface area contributed by atoms with Crippen LogP contribution in [0.5, 0.6) is 0 Å². The Morgan fingerprint density at radius 1 is 1.41 bits per heavy atom. The van der Waals surface area contributed by atoms with Crippen molar-refractivity contribution in [3.8, 4) is 6.07 Å². The van der Waals surface area contributed by atoms with E-state index < -0.39 is 16.8 Å². The number of esters is 1. The van der Waals surface area contributed by atoms with Crippen molar-refractivity contribution in [3.63, 3.8) is 0 Å². The van der Waals surface area contributed by atoms with Gasteiger partial charge >= 0.3 is 5.97 Å². The van der Waals surface area contributed by atoms with E-state index in [0.29, 0.717) is 5.56 Å². The molecule has 9 heteroatoms. The number of ether oxygens (including phenoxy) is 2. The Balaban J connectivity index is 2.29. The predicted octanol–water partition coefficient (Wildman–Crippen LogP) is 2.77. The number of non-ortho nitro benzene ring substituents is 1. The molecule has 0 fully saturated rings. The number of rotatable bonds is 5. The number of nitrogens with zero attached hydrogens (tertiary/aromatic N) is 3. The summed E-state index contributed by atoms with van der Waals surface area (Å²) in [6, 6.07) is 10.9. The number of carbonyl (C=O) groups excluding carboxylic acids is 1. The second kappa shape index (κ2) is 8.22. The van der Waals surface area contributed by atoms with Crippen LogP contribution in [-0.4, -0.2) is 22.5 Å². The Bertz CT molecular complexity index is 1070. The Hall–Kier alpha value is -4.19. The van der Waals surface area contributed by atoms with Crippen molar-refractivity contribution in [2.45, 2.75) is 12.8 Å². The van der Waals surface area contributed by atoms with Crippen LogP contribution in [0.1, 0.15) is 24.0 Å². The molecule has 0 aliphatic carbocycles. The molecule has 0 saturated carbocycles. The number of benzene rings is 1. The van der Waals surface area contributed by atoms with E-state index in [1.165, 1.54) is 24.4 Å². The number of nitro groups is 1. The number of aromatic nitrogens is 1. The number of nitrogens with two attached hydrogens (primary N) is 1. The normalized spacial score (nSPS) is 16.1. The maximum Gasteiger partial charge on any atom is 0.338 e. The highest BCUT2D eigenvalue weighted by molar-refractivity contribution is 6.00. The highest BCUT2D eigenvalue weighted by Gasteiger charge is 2.38. The summed E-state index contributed by atoms with van der Waals surface area (Å²) in [5, 5.41) is 20.8. The molecule has 2 N–H and O–H groups in total. The van der Waals surface area contributed by atoms with Gasteiger partial charge in [-0.25, -0.2) is 4.79 Å². The van der Waals surface area contributed by atoms with Gasteiger partial charge in [0, 0.05) is 30.1 Å². The van der Waals surface area contributed by atoms with Crippen LogP contribution >= 0.6 is 0 Å². The number of hydrogen-bond donors (Lipinski definition) is 1. The fraction of sp³-hybridized carbons (Fsp3) is 0.150. The van der Waals surface area contributed by atoms with Gasteiger partial charge in [-0.15, -0.1) is 0 Å². The average molecular weight is 392 g/mol. The molecule has 0 amide bonds. The van der Waals surface area contributed by atoms with Crippen LogP contribution in [0.3, 0.4) is 0 Å². The maximum atomic E-state index is 12.9. The van der Waals surface area contributed by atoms with E-state index in [1.807, 2.05) is 6.07 Å². The molecular weight excluding hydrogens is 376 g/mol. The van der Waals surface area contributed by atoms with Gasteiger partial charge in [0.05, 0.1) is 23.0 Å². The van der Waals surface area contributed by atoms with Gasteiger partial charge in [0.1, 0.15) is 17.4 Å². The second-order valence-electron chi connectivity index (χ2n) is 5.98. The van der Waals surface area contributed by atoms with Gasteiger partial charge in [-0.3, -0.25) is 15.1 Å². The van der Waals surface area contributed by atoms with E-state index in [9.17, 15) is 20.2 Å². The van der Waals surface area contributed by atoms with Crippen LogP contribution in [-0.2, 0) is 14.3 Å². The average Bonchev–Trinajstić information content (AvgIpc) is 2.73. The summed E-state index contributed by atoms with van der Waals surface area (Å²) < 4.78 is 10.8. The molecule has 0 saturated heterocycles. The molecule has 1 aliphatic rings. The Morgan fingerprint density at radius 3 is 2.83 bits per heavy atom. The highest BCUT2D eigenvalue weighted by Crippen LogP contribution is 2.42. The van der Waals surface area contributed by atoms with Crippen molar-refractivity contribution < 1.29 is 19.2 Å². The lowest BCUT2D eigenvalue weighted by Gasteiger charge is -2.28. The van der Waals surface area contributed by atoms with Crippen molar-refractivity contribution in [2.24, 2.45) is 5.73 Å². The van der Waals surface area contributed by atoms with E-state index in [2.05, 4.69) is 4.98 Å². The topological polar surface area (TPSA) is 141 Å². The third kappa shape index (κ3) is 3.77. The van der Waals surface area contributed by atoms with Crippen molar-refractivity contribution >= 4 is 17.4 Å². The molecule has 1 atom stereocenters. The van der Waals surface area contributed by atoms with Crippen molar-refractivity contribution in [2.75, 3.05) is 6.61 Å². The molecule has 9 nitrogen and oxygen atoms in total. The Labute approximate surface area is 165 Å². The van der Waals surface area contributed by atoms with Crippen LogP contribution in [0.25, 0.3) is 5.76 Å². The molecule has 1 aromatic heterocycles. The Kier molecular flexibility index (Phi) is 5.55. The van der Waals surface area contributed by atoms with Crippen molar-refractivity contribution in [1.29, 1.82) is 5.26 Å². The first-order chi connectivity index (χ1) is 14.0. The zero-order valence-corrected chi connectivity index (χ0v) is 15.4. The van der Waals surface area contributed by atoms with Gasteiger partial charge in [0.2, 0.25) is 5.88 Å². The molecule has 1 aromatic carbocycles. The minimum atomic E-state index is -0.893. The zero-order chi connectivity index (χ0) is 21.0. The predicted molar refractivity (Wildman–Crippen MR) is 102 cm³/mol. The van der Waals surface area contributed by atoms with Crippen LogP contribution in [0, 0.1) is 21.4 Å². The van der Waals surface area contributed by atoms with Crippen LogP contribution in [0.2, 0.25) is 0 Å². The van der Waals surface area contributed by atoms with Crippen LogP contribution in [0.4, 0.5) is 5.69 Å². The molecule has 0 spiro atoms. The minimum absolute atomic E-state index is 0.00231. The van der Waals surface area contributed by atoms with Crippen LogP contribution < -0.4 is 5.73 Å². The first-order valence-electron chi connectivity index (χ1n) is 8.61. The zero-order valence-electron chi connectivity index (χ0n) is 15.4. The number of allylic oxidation sites excluding steroid dienone is 1. The quantitative estimate of drug-likeness (QED) is 0.465. The first kappa shape index (κ1) is 19.6. The van der Waals surface area contributed by atoms with E-state index in [-0.39, 0.29) is 40.6 Å². The first-order valence-corrected chi connectivity index (χ1v) is 8.61. The van der Waals surface area contributed by atoms with Gasteiger partial charge in [-0.05, 0) is 18.6 Å². The van der Waals surface area contributed by atoms with Crippen LogP contribution in [0.15, 0.2) is 65.8 Å². The van der Waals surface area contributed by atoms with Gasteiger partial charge < -0.3 is 15.2 Å². The van der Waals surface area contributed by atoms with E-state index in [0.717, 1.165) is 0 Å². The molecule has 146 valence electrons. The fourth-order valence-corrected chi connectivity index (χ4v) is 3.03.